The standard InChI is InChI=1S/C32H31N4O.C18H23FNSi.Ir/c1-17-13-19(3)28(20(4)14-17)36-25-15-21(5)33-16-24(25)34-30(36)23-10-9-18(2)27-22-11-12-26(32(6,7)8)35-31(22)37-29(23)27;1-13(2)9-15-11-17(14-7-6-8-16(19)10-14)20-12-18(15)21(3,4)5;/h9,11-16H,1-8H3;6,8,10-13H,9H2,1-5H3;/q2*-1;. The number of aryl methyl sites for hydroxylation is 5. The molecule has 0 fully saturated rings. The van der Waals surface area contributed by atoms with Crippen LogP contribution in [0.3, 0.4) is 0 Å². The van der Waals surface area contributed by atoms with Gasteiger partial charge in [0.15, 0.2) is 0 Å². The monoisotopic (exact) mass is 980 g/mol. The summed E-state index contributed by atoms with van der Waals surface area (Å²) in [5.41, 5.74) is 14.7. The minimum absolute atomic E-state index is 0. The summed E-state index contributed by atoms with van der Waals surface area (Å²) in [6.45, 7) is 28.5. The van der Waals surface area contributed by atoms with Crippen LogP contribution in [0.25, 0.3) is 61.4 Å². The molecule has 59 heavy (non-hydrogen) atoms. The summed E-state index contributed by atoms with van der Waals surface area (Å²) in [7, 11) is -1.43. The van der Waals surface area contributed by atoms with Gasteiger partial charge in [-0.25, -0.2) is 9.37 Å². The van der Waals surface area contributed by atoms with Gasteiger partial charge in [-0.05, 0) is 80.2 Å². The smallest absolute Gasteiger partial charge is 0.216 e. The molecule has 8 rings (SSSR count). The van der Waals surface area contributed by atoms with E-state index in [-0.39, 0.29) is 31.3 Å². The predicted octanol–water partition coefficient (Wildman–Crippen LogP) is 12.5. The zero-order chi connectivity index (χ0) is 41.8. The summed E-state index contributed by atoms with van der Waals surface area (Å²) in [5.74, 6) is 1.13. The van der Waals surface area contributed by atoms with Gasteiger partial charge in [0.05, 0.1) is 36.7 Å². The van der Waals surface area contributed by atoms with Crippen LogP contribution < -0.4 is 5.19 Å². The van der Waals surface area contributed by atoms with E-state index in [2.05, 4.69) is 145 Å². The van der Waals surface area contributed by atoms with Crippen molar-refractivity contribution in [2.24, 2.45) is 5.92 Å². The zero-order valence-corrected chi connectivity index (χ0v) is 40.0. The second-order valence-electron chi connectivity index (χ2n) is 18.3. The molecule has 0 unspecified atom stereocenters. The van der Waals surface area contributed by atoms with E-state index in [0.717, 1.165) is 79.1 Å². The molecule has 0 saturated heterocycles. The van der Waals surface area contributed by atoms with Crippen molar-refractivity contribution in [1.29, 1.82) is 0 Å². The molecule has 8 aromatic rings. The zero-order valence-electron chi connectivity index (χ0n) is 36.6. The van der Waals surface area contributed by atoms with Crippen molar-refractivity contribution in [1.82, 2.24) is 24.5 Å². The van der Waals surface area contributed by atoms with Crippen LogP contribution >= 0.6 is 0 Å². The number of pyridine rings is 3. The Bertz CT molecular complexity index is 2820. The van der Waals surface area contributed by atoms with Crippen molar-refractivity contribution in [3.05, 3.63) is 130 Å². The molecule has 0 aliphatic rings. The fourth-order valence-electron chi connectivity index (χ4n) is 7.96. The third-order valence-electron chi connectivity index (χ3n) is 10.6. The first-order valence-corrected chi connectivity index (χ1v) is 23.7. The van der Waals surface area contributed by atoms with Crippen molar-refractivity contribution in [3.63, 3.8) is 0 Å². The van der Waals surface area contributed by atoms with Crippen molar-refractivity contribution in [3.8, 4) is 28.3 Å². The van der Waals surface area contributed by atoms with Crippen LogP contribution in [0.15, 0.2) is 77.5 Å². The second kappa shape index (κ2) is 16.7. The van der Waals surface area contributed by atoms with Crippen LogP contribution in [0.1, 0.15) is 73.8 Å². The number of aromatic nitrogens is 5. The third kappa shape index (κ3) is 8.89. The van der Waals surface area contributed by atoms with Gasteiger partial charge in [-0.3, -0.25) is 9.97 Å². The number of hydrogen-bond donors (Lipinski definition) is 0. The number of rotatable bonds is 6. The molecule has 0 amide bonds. The van der Waals surface area contributed by atoms with Gasteiger partial charge >= 0.3 is 0 Å². The van der Waals surface area contributed by atoms with Crippen molar-refractivity contribution >= 4 is 46.4 Å². The molecule has 1 radical (unpaired) electrons. The van der Waals surface area contributed by atoms with Crippen LogP contribution in [0, 0.1) is 58.5 Å². The van der Waals surface area contributed by atoms with Crippen LogP contribution in [0.2, 0.25) is 19.6 Å². The number of hydrogen-bond acceptors (Lipinski definition) is 5. The van der Waals surface area contributed by atoms with Gasteiger partial charge < -0.3 is 14.0 Å². The van der Waals surface area contributed by atoms with Gasteiger partial charge in [0.25, 0.3) is 0 Å². The Kier molecular flexibility index (Phi) is 12.4. The molecule has 0 bridgehead atoms. The average molecular weight is 980 g/mol. The first kappa shape index (κ1) is 43.7. The summed E-state index contributed by atoms with van der Waals surface area (Å²) in [6, 6.07) is 26.1. The minimum Gasteiger partial charge on any atom is -0.486 e. The quantitative estimate of drug-likeness (QED) is 0.123. The number of halogens is 1. The van der Waals surface area contributed by atoms with Crippen LogP contribution in [-0.2, 0) is 31.9 Å². The summed E-state index contributed by atoms with van der Waals surface area (Å²) in [6.07, 6.45) is 4.88. The fourth-order valence-corrected chi connectivity index (χ4v) is 9.55. The van der Waals surface area contributed by atoms with E-state index in [9.17, 15) is 4.39 Å². The Balaban J connectivity index is 0.000000227. The largest absolute Gasteiger partial charge is 0.486 e. The molecule has 3 aromatic carbocycles. The maximum absolute atomic E-state index is 13.4. The van der Waals surface area contributed by atoms with E-state index in [0.29, 0.717) is 11.6 Å². The molecule has 5 aromatic heterocycles. The number of benzene rings is 3. The van der Waals surface area contributed by atoms with E-state index in [1.54, 1.807) is 6.07 Å². The maximum atomic E-state index is 13.4. The van der Waals surface area contributed by atoms with Gasteiger partial charge in [-0.15, -0.1) is 47.5 Å². The molecular formula is C50H54FIrN5OSi-2. The number of nitrogens with zero attached hydrogens (tertiary/aromatic N) is 5. The fraction of sp³-hybridized carbons (Fsp3) is 0.320. The topological polar surface area (TPSA) is 69.6 Å². The first-order valence-electron chi connectivity index (χ1n) is 20.2. The predicted molar refractivity (Wildman–Crippen MR) is 241 cm³/mol. The van der Waals surface area contributed by atoms with Crippen LogP contribution in [0.4, 0.5) is 4.39 Å². The van der Waals surface area contributed by atoms with Gasteiger partial charge in [-0.2, -0.15) is 0 Å². The number of furan rings is 1. The Labute approximate surface area is 363 Å². The Morgan fingerprint density at radius 2 is 1.56 bits per heavy atom. The minimum atomic E-state index is -1.43. The first-order chi connectivity index (χ1) is 27.3. The maximum Gasteiger partial charge on any atom is 0.216 e. The molecule has 0 spiro atoms. The molecule has 0 aliphatic heterocycles. The van der Waals surface area contributed by atoms with Gasteiger partial charge in [-0.1, -0.05) is 101 Å². The third-order valence-corrected chi connectivity index (χ3v) is 12.7. The molecule has 0 N–H and O–H groups in total. The normalized spacial score (nSPS) is 12.0. The summed E-state index contributed by atoms with van der Waals surface area (Å²) in [5, 5.41) is 3.47. The van der Waals surface area contributed by atoms with Gasteiger partial charge in [0.1, 0.15) is 0 Å². The number of fused-ring (bicyclic) bond motifs is 4. The van der Waals surface area contributed by atoms with Crippen LogP contribution in [-0.4, -0.2) is 32.6 Å². The van der Waals surface area contributed by atoms with Crippen LogP contribution in [0.5, 0.6) is 0 Å². The van der Waals surface area contributed by atoms with E-state index < -0.39 is 8.07 Å². The second-order valence-corrected chi connectivity index (χ2v) is 23.3. The van der Waals surface area contributed by atoms with Crippen molar-refractivity contribution in [2.45, 2.75) is 101 Å². The van der Waals surface area contributed by atoms with Crippen molar-refractivity contribution < 1.29 is 28.9 Å². The average Bonchev–Trinajstić information content (AvgIpc) is 3.69. The molecule has 307 valence electrons. The summed E-state index contributed by atoms with van der Waals surface area (Å²) in [4.78, 5) is 19.1. The molecule has 0 saturated carbocycles. The molecule has 6 nitrogen and oxygen atoms in total. The molecular weight excluding hydrogens is 926 g/mol. The molecule has 9 heteroatoms. The van der Waals surface area contributed by atoms with Gasteiger partial charge in [0.2, 0.25) is 5.71 Å². The Hall–Kier alpha value is -4.82. The van der Waals surface area contributed by atoms with Gasteiger partial charge in [0, 0.05) is 60.0 Å². The Morgan fingerprint density at radius 3 is 2.20 bits per heavy atom. The number of imidazole rings is 1. The summed E-state index contributed by atoms with van der Waals surface area (Å²) >= 11 is 0. The van der Waals surface area contributed by atoms with E-state index in [4.69, 9.17) is 14.4 Å². The van der Waals surface area contributed by atoms with E-state index in [1.165, 1.54) is 39.6 Å². The summed E-state index contributed by atoms with van der Waals surface area (Å²) < 4.78 is 22.2. The van der Waals surface area contributed by atoms with E-state index in [1.807, 2.05) is 25.4 Å². The van der Waals surface area contributed by atoms with E-state index >= 15 is 0 Å². The Morgan fingerprint density at radius 1 is 0.847 bits per heavy atom. The molecule has 0 atom stereocenters. The SMILES string of the molecule is CC(C)Cc1cc(-c2[c-]ccc(F)c2)ncc1[Si](C)(C)C.Cc1cc(C)c(-n2c(-c3[c-]cc(C)c4c3oc3nc(C(C)(C)C)ccc34)nc3cnc(C)cc32)c(C)c1.[Ir]. The molecule has 0 aliphatic carbocycles. The van der Waals surface area contributed by atoms with Crippen molar-refractivity contribution in [2.75, 3.05) is 0 Å². The molecule has 5 heterocycles.